The number of hydrogen-bond acceptors (Lipinski definition) is 2. The summed E-state index contributed by atoms with van der Waals surface area (Å²) in [6.07, 6.45) is 2.18. The summed E-state index contributed by atoms with van der Waals surface area (Å²) in [6, 6.07) is 22.5. The van der Waals surface area contributed by atoms with E-state index in [-0.39, 0.29) is 0 Å². The lowest BCUT2D eigenvalue weighted by atomic mass is 10.0. The first kappa shape index (κ1) is 13.4. The summed E-state index contributed by atoms with van der Waals surface area (Å²) in [7, 11) is 0. The maximum absolute atomic E-state index is 3.65. The van der Waals surface area contributed by atoms with Gasteiger partial charge in [-0.25, -0.2) is 0 Å². The smallest absolute Gasteiger partial charge is 0.272 e. The third-order valence-corrected chi connectivity index (χ3v) is 4.53. The van der Waals surface area contributed by atoms with Crippen molar-refractivity contribution in [3.8, 4) is 0 Å². The van der Waals surface area contributed by atoms with Gasteiger partial charge in [0.15, 0.2) is 0 Å². The highest BCUT2D eigenvalue weighted by Gasteiger charge is 2.37. The summed E-state index contributed by atoms with van der Waals surface area (Å²) < 4.78 is 2.46. The average molecular weight is 292 g/mol. The molecule has 3 nitrogen and oxygen atoms in total. The van der Waals surface area contributed by atoms with Crippen LogP contribution in [0.25, 0.3) is 0 Å². The van der Waals surface area contributed by atoms with Gasteiger partial charge in [-0.15, -0.1) is 0 Å². The molecule has 2 aliphatic rings. The van der Waals surface area contributed by atoms with E-state index in [9.17, 15) is 0 Å². The van der Waals surface area contributed by atoms with E-state index in [0.717, 1.165) is 25.9 Å². The van der Waals surface area contributed by atoms with Gasteiger partial charge >= 0.3 is 5.96 Å². The van der Waals surface area contributed by atoms with E-state index in [1.165, 1.54) is 17.1 Å². The van der Waals surface area contributed by atoms with Crippen molar-refractivity contribution in [2.24, 2.45) is 0 Å². The molecule has 0 saturated carbocycles. The fourth-order valence-electron chi connectivity index (χ4n) is 3.52. The highest BCUT2D eigenvalue weighted by atomic mass is 15.4. The van der Waals surface area contributed by atoms with Gasteiger partial charge in [0.2, 0.25) is 0 Å². The van der Waals surface area contributed by atoms with Gasteiger partial charge in [0.1, 0.15) is 25.2 Å². The number of hydrogen-bond donors (Lipinski definition) is 2. The van der Waals surface area contributed by atoms with Gasteiger partial charge in [0, 0.05) is 12.8 Å². The molecule has 0 aliphatic carbocycles. The number of nitrogens with one attached hydrogen (secondary N) is 2. The van der Waals surface area contributed by atoms with Gasteiger partial charge in [-0.3, -0.25) is 15.2 Å². The molecule has 0 aromatic heterocycles. The molecule has 2 aliphatic heterocycles. The van der Waals surface area contributed by atoms with Crippen LogP contribution in [-0.4, -0.2) is 35.7 Å². The standard InChI is InChI=1S/C19H21N3/c1-3-7-15(8-4-1)11-17-13-22-14-18(21-19(22)20-17)12-16-9-5-2-6-10-16/h1-10,17-18H,11-14H2,(H,20,21)/p+1/t17-,18-/m0/s1. The number of nitrogens with zero attached hydrogens (tertiary/aromatic N) is 1. The molecular weight excluding hydrogens is 270 g/mol. The Morgan fingerprint density at radius 3 is 1.59 bits per heavy atom. The summed E-state index contributed by atoms with van der Waals surface area (Å²) in [5.74, 6) is 1.22. The van der Waals surface area contributed by atoms with Crippen molar-refractivity contribution in [2.45, 2.75) is 24.9 Å². The lowest BCUT2D eigenvalue weighted by molar-refractivity contribution is -0.514. The Balaban J connectivity index is 1.32. The third-order valence-electron chi connectivity index (χ3n) is 4.53. The Labute approximate surface area is 131 Å². The van der Waals surface area contributed by atoms with Crippen LogP contribution in [-0.2, 0) is 12.8 Å². The van der Waals surface area contributed by atoms with Gasteiger partial charge in [0.25, 0.3) is 0 Å². The monoisotopic (exact) mass is 292 g/mol. The zero-order chi connectivity index (χ0) is 14.8. The Kier molecular flexibility index (Phi) is 3.55. The van der Waals surface area contributed by atoms with E-state index in [1.807, 2.05) is 0 Å². The van der Waals surface area contributed by atoms with Crippen molar-refractivity contribution >= 4 is 5.96 Å². The van der Waals surface area contributed by atoms with E-state index < -0.39 is 0 Å². The normalized spacial score (nSPS) is 23.1. The largest absolute Gasteiger partial charge is 0.346 e. The molecule has 0 bridgehead atoms. The molecule has 0 spiro atoms. The minimum atomic E-state index is 0.516. The average Bonchev–Trinajstić information content (AvgIpc) is 3.07. The van der Waals surface area contributed by atoms with Crippen molar-refractivity contribution in [3.63, 3.8) is 0 Å². The highest BCUT2D eigenvalue weighted by molar-refractivity contribution is 5.77. The van der Waals surface area contributed by atoms with Gasteiger partial charge < -0.3 is 0 Å². The molecule has 2 atom stereocenters. The predicted molar refractivity (Wildman–Crippen MR) is 89.1 cm³/mol. The van der Waals surface area contributed by atoms with Gasteiger partial charge in [-0.2, -0.15) is 0 Å². The van der Waals surface area contributed by atoms with Crippen LogP contribution in [0.15, 0.2) is 60.7 Å². The fraction of sp³-hybridized carbons (Fsp3) is 0.316. The number of guanidine groups is 1. The lowest BCUT2D eigenvalue weighted by Gasteiger charge is -2.13. The SMILES string of the molecule is c1ccc(C[C@H]2C[N+]3=C(N2)N[C@@H](Cc2ccccc2)C3)cc1. The van der Waals surface area contributed by atoms with Crippen LogP contribution in [0.1, 0.15) is 11.1 Å². The van der Waals surface area contributed by atoms with Gasteiger partial charge in [-0.05, 0) is 11.1 Å². The topological polar surface area (TPSA) is 27.1 Å². The molecule has 2 aromatic carbocycles. The molecule has 0 saturated heterocycles. The van der Waals surface area contributed by atoms with E-state index in [0.29, 0.717) is 12.1 Å². The molecule has 0 fully saturated rings. The molecule has 22 heavy (non-hydrogen) atoms. The molecule has 2 aromatic rings. The van der Waals surface area contributed by atoms with E-state index in [2.05, 4.69) is 75.9 Å². The Bertz CT molecular complexity index is 588. The minimum absolute atomic E-state index is 0.516. The summed E-state index contributed by atoms with van der Waals surface area (Å²) >= 11 is 0. The first-order chi connectivity index (χ1) is 10.9. The Hall–Kier alpha value is -2.29. The molecule has 112 valence electrons. The number of benzene rings is 2. The van der Waals surface area contributed by atoms with Crippen molar-refractivity contribution in [3.05, 3.63) is 71.8 Å². The second-order valence-electron chi connectivity index (χ2n) is 6.32. The summed E-state index contributed by atoms with van der Waals surface area (Å²) in [5, 5.41) is 7.30. The summed E-state index contributed by atoms with van der Waals surface area (Å²) in [4.78, 5) is 0. The van der Waals surface area contributed by atoms with E-state index in [1.54, 1.807) is 0 Å². The van der Waals surface area contributed by atoms with E-state index in [4.69, 9.17) is 0 Å². The summed E-state index contributed by atoms with van der Waals surface area (Å²) in [5.41, 5.74) is 2.81. The highest BCUT2D eigenvalue weighted by Crippen LogP contribution is 2.12. The second kappa shape index (κ2) is 5.84. The van der Waals surface area contributed by atoms with Crippen LogP contribution in [0.2, 0.25) is 0 Å². The van der Waals surface area contributed by atoms with Gasteiger partial charge in [-0.1, -0.05) is 60.7 Å². The van der Waals surface area contributed by atoms with Gasteiger partial charge in [0.05, 0.1) is 0 Å². The third kappa shape index (κ3) is 2.84. The van der Waals surface area contributed by atoms with Crippen LogP contribution in [0.5, 0.6) is 0 Å². The lowest BCUT2D eigenvalue weighted by Crippen LogP contribution is -2.44. The van der Waals surface area contributed by atoms with Crippen LogP contribution in [0.4, 0.5) is 0 Å². The Morgan fingerprint density at radius 1 is 0.727 bits per heavy atom. The fourth-order valence-corrected chi connectivity index (χ4v) is 3.52. The number of rotatable bonds is 4. The maximum atomic E-state index is 3.65. The Morgan fingerprint density at radius 2 is 1.18 bits per heavy atom. The van der Waals surface area contributed by atoms with Crippen molar-refractivity contribution < 1.29 is 4.58 Å². The first-order valence-electron chi connectivity index (χ1n) is 8.09. The molecule has 3 heteroatoms. The zero-order valence-corrected chi connectivity index (χ0v) is 12.7. The molecule has 0 unspecified atom stereocenters. The minimum Gasteiger partial charge on any atom is -0.272 e. The summed E-state index contributed by atoms with van der Waals surface area (Å²) in [6.45, 7) is 2.20. The van der Waals surface area contributed by atoms with Crippen LogP contribution in [0.3, 0.4) is 0 Å². The zero-order valence-electron chi connectivity index (χ0n) is 12.7. The molecule has 2 heterocycles. The van der Waals surface area contributed by atoms with Crippen molar-refractivity contribution in [1.82, 2.24) is 10.6 Å². The molecule has 2 N–H and O–H groups in total. The first-order valence-corrected chi connectivity index (χ1v) is 8.09. The molecule has 0 radical (unpaired) electrons. The maximum Gasteiger partial charge on any atom is 0.346 e. The van der Waals surface area contributed by atoms with Crippen molar-refractivity contribution in [1.29, 1.82) is 0 Å². The second-order valence-corrected chi connectivity index (χ2v) is 6.32. The van der Waals surface area contributed by atoms with Crippen LogP contribution < -0.4 is 10.6 Å². The molecular formula is C19H22N3+. The van der Waals surface area contributed by atoms with Crippen LogP contribution >= 0.6 is 0 Å². The van der Waals surface area contributed by atoms with Crippen molar-refractivity contribution in [2.75, 3.05) is 13.1 Å². The van der Waals surface area contributed by atoms with E-state index >= 15 is 0 Å². The molecule has 4 rings (SSSR count). The predicted octanol–water partition coefficient (Wildman–Crippen LogP) is 1.78. The quantitative estimate of drug-likeness (QED) is 0.841. The molecule has 0 amide bonds. The van der Waals surface area contributed by atoms with Crippen LogP contribution in [0, 0.1) is 0 Å².